The zero-order valence-corrected chi connectivity index (χ0v) is 14.9. The largest absolute Gasteiger partial charge is 0.465 e. The number of thiophene rings is 1. The Hall–Kier alpha value is -1.18. The van der Waals surface area contributed by atoms with Gasteiger partial charge in [0.25, 0.3) is 0 Å². The standard InChI is InChI=1S/C15H23N3O2S2/c1-4-11-9-12(14(19)20-3)13(22-11)17-15(21)16-10-5-7-18(2)8-6-10/h9-10H,4-8H2,1-3H3,(H2,16,17,21). The number of thiocarbonyl (C=S) groups is 1. The molecular formula is C15H23N3O2S2. The topological polar surface area (TPSA) is 53.6 Å². The number of hydrogen-bond acceptors (Lipinski definition) is 5. The molecule has 5 nitrogen and oxygen atoms in total. The van der Waals surface area contributed by atoms with Crippen molar-refractivity contribution in [1.29, 1.82) is 0 Å². The van der Waals surface area contributed by atoms with Crippen LogP contribution < -0.4 is 10.6 Å². The van der Waals surface area contributed by atoms with Crippen LogP contribution in [0, 0.1) is 0 Å². The van der Waals surface area contributed by atoms with Crippen LogP contribution in [0.4, 0.5) is 5.00 Å². The van der Waals surface area contributed by atoms with E-state index in [0.717, 1.165) is 42.2 Å². The van der Waals surface area contributed by atoms with Gasteiger partial charge in [-0.2, -0.15) is 0 Å². The van der Waals surface area contributed by atoms with Crippen LogP contribution in [0.3, 0.4) is 0 Å². The van der Waals surface area contributed by atoms with Gasteiger partial charge in [0.05, 0.1) is 12.7 Å². The molecule has 0 aliphatic carbocycles. The lowest BCUT2D eigenvalue weighted by Gasteiger charge is -2.30. The molecule has 0 atom stereocenters. The van der Waals surface area contributed by atoms with Gasteiger partial charge in [0.1, 0.15) is 5.00 Å². The summed E-state index contributed by atoms with van der Waals surface area (Å²) in [4.78, 5) is 15.3. The zero-order valence-electron chi connectivity index (χ0n) is 13.3. The lowest BCUT2D eigenvalue weighted by atomic mass is 10.1. The van der Waals surface area contributed by atoms with Crippen molar-refractivity contribution in [2.75, 3.05) is 32.6 Å². The molecule has 1 fully saturated rings. The lowest BCUT2D eigenvalue weighted by Crippen LogP contribution is -2.44. The van der Waals surface area contributed by atoms with Gasteiger partial charge in [0.15, 0.2) is 5.11 Å². The fourth-order valence-electron chi connectivity index (χ4n) is 2.45. The maximum Gasteiger partial charge on any atom is 0.340 e. The predicted molar refractivity (Wildman–Crippen MR) is 94.9 cm³/mol. The van der Waals surface area contributed by atoms with Crippen molar-refractivity contribution >= 4 is 39.6 Å². The van der Waals surface area contributed by atoms with Crippen molar-refractivity contribution in [3.05, 3.63) is 16.5 Å². The summed E-state index contributed by atoms with van der Waals surface area (Å²) in [5.41, 5.74) is 0.553. The molecule has 0 radical (unpaired) electrons. The predicted octanol–water partition coefficient (Wildman–Crippen LogP) is 2.48. The Morgan fingerprint density at radius 1 is 1.50 bits per heavy atom. The average Bonchev–Trinajstić information content (AvgIpc) is 2.91. The van der Waals surface area contributed by atoms with E-state index in [1.54, 1.807) is 11.3 Å². The third kappa shape index (κ3) is 4.41. The minimum absolute atomic E-state index is 0.333. The number of rotatable bonds is 4. The monoisotopic (exact) mass is 341 g/mol. The smallest absolute Gasteiger partial charge is 0.340 e. The molecule has 0 bridgehead atoms. The molecule has 1 aliphatic rings. The van der Waals surface area contributed by atoms with Crippen LogP contribution in [0.5, 0.6) is 0 Å². The summed E-state index contributed by atoms with van der Waals surface area (Å²) in [5.74, 6) is -0.333. The Morgan fingerprint density at radius 3 is 2.77 bits per heavy atom. The Kier molecular flexibility index (Phi) is 6.16. The first-order chi connectivity index (χ1) is 10.5. The van der Waals surface area contributed by atoms with Crippen LogP contribution in [0.15, 0.2) is 6.07 Å². The van der Waals surface area contributed by atoms with Gasteiger partial charge < -0.3 is 20.3 Å². The first-order valence-electron chi connectivity index (χ1n) is 7.50. The number of hydrogen-bond donors (Lipinski definition) is 2. The highest BCUT2D eigenvalue weighted by molar-refractivity contribution is 7.80. The van der Waals surface area contributed by atoms with Crippen molar-refractivity contribution in [1.82, 2.24) is 10.2 Å². The van der Waals surface area contributed by atoms with Crippen LogP contribution in [-0.4, -0.2) is 49.3 Å². The molecule has 2 rings (SSSR count). The van der Waals surface area contributed by atoms with E-state index >= 15 is 0 Å². The molecule has 1 aliphatic heterocycles. The number of nitrogens with one attached hydrogen (secondary N) is 2. The number of likely N-dealkylation sites (tertiary alicyclic amines) is 1. The number of esters is 1. The maximum atomic E-state index is 11.8. The van der Waals surface area contributed by atoms with E-state index in [2.05, 4.69) is 29.5 Å². The first-order valence-corrected chi connectivity index (χ1v) is 8.73. The van der Waals surface area contributed by atoms with Crippen molar-refractivity contribution in [3.63, 3.8) is 0 Å². The molecule has 2 heterocycles. The molecule has 122 valence electrons. The Bertz CT molecular complexity index is 537. The van der Waals surface area contributed by atoms with Gasteiger partial charge >= 0.3 is 5.97 Å². The minimum Gasteiger partial charge on any atom is -0.465 e. The molecule has 0 spiro atoms. The number of carbonyl (C=O) groups is 1. The number of aryl methyl sites for hydroxylation is 1. The van der Waals surface area contributed by atoms with Crippen molar-refractivity contribution in [2.45, 2.75) is 32.2 Å². The molecule has 22 heavy (non-hydrogen) atoms. The molecule has 7 heteroatoms. The Morgan fingerprint density at radius 2 is 2.18 bits per heavy atom. The van der Waals surface area contributed by atoms with E-state index in [0.29, 0.717) is 16.7 Å². The summed E-state index contributed by atoms with van der Waals surface area (Å²) in [6.45, 7) is 4.21. The fourth-order valence-corrected chi connectivity index (χ4v) is 3.77. The number of nitrogens with zero attached hydrogens (tertiary/aromatic N) is 1. The maximum absolute atomic E-state index is 11.8. The highest BCUT2D eigenvalue weighted by Gasteiger charge is 2.20. The summed E-state index contributed by atoms with van der Waals surface area (Å²) in [5, 5.41) is 7.84. The van der Waals surface area contributed by atoms with E-state index in [-0.39, 0.29) is 5.97 Å². The molecule has 1 saturated heterocycles. The van der Waals surface area contributed by atoms with Gasteiger partial charge in [-0.05, 0) is 57.7 Å². The van der Waals surface area contributed by atoms with E-state index in [1.165, 1.54) is 7.11 Å². The molecule has 1 aromatic rings. The van der Waals surface area contributed by atoms with Crippen LogP contribution >= 0.6 is 23.6 Å². The SMILES string of the molecule is CCc1cc(C(=O)OC)c(NC(=S)NC2CCN(C)CC2)s1. The van der Waals surface area contributed by atoms with Crippen molar-refractivity contribution in [3.8, 4) is 0 Å². The fraction of sp³-hybridized carbons (Fsp3) is 0.600. The highest BCUT2D eigenvalue weighted by atomic mass is 32.1. The van der Waals surface area contributed by atoms with Gasteiger partial charge in [0, 0.05) is 10.9 Å². The molecule has 0 unspecified atom stereocenters. The second kappa shape index (κ2) is 7.89. The average molecular weight is 342 g/mol. The number of methoxy groups -OCH3 is 1. The second-order valence-corrected chi connectivity index (χ2v) is 7.02. The Labute approximate surface area is 141 Å². The third-order valence-electron chi connectivity index (χ3n) is 3.82. The molecular weight excluding hydrogens is 318 g/mol. The molecule has 1 aromatic heterocycles. The summed E-state index contributed by atoms with van der Waals surface area (Å²) < 4.78 is 4.84. The summed E-state index contributed by atoms with van der Waals surface area (Å²) in [6, 6.07) is 2.26. The van der Waals surface area contributed by atoms with Crippen molar-refractivity contribution in [2.24, 2.45) is 0 Å². The van der Waals surface area contributed by atoms with Crippen molar-refractivity contribution < 1.29 is 9.53 Å². The van der Waals surface area contributed by atoms with Crippen LogP contribution in [0.25, 0.3) is 0 Å². The summed E-state index contributed by atoms with van der Waals surface area (Å²) >= 11 is 6.94. The Balaban J connectivity index is 1.98. The molecule has 0 aromatic carbocycles. The van der Waals surface area contributed by atoms with E-state index in [4.69, 9.17) is 17.0 Å². The number of carbonyl (C=O) groups excluding carboxylic acids is 1. The second-order valence-electron chi connectivity index (χ2n) is 5.48. The van der Waals surface area contributed by atoms with Gasteiger partial charge in [-0.1, -0.05) is 6.92 Å². The highest BCUT2D eigenvalue weighted by Crippen LogP contribution is 2.29. The van der Waals surface area contributed by atoms with Crippen LogP contribution in [0.2, 0.25) is 0 Å². The quantitative estimate of drug-likeness (QED) is 0.648. The summed E-state index contributed by atoms with van der Waals surface area (Å²) in [6.07, 6.45) is 3.03. The van der Waals surface area contributed by atoms with Gasteiger partial charge in [-0.25, -0.2) is 4.79 Å². The van der Waals surface area contributed by atoms with Crippen LogP contribution in [0.1, 0.15) is 35.0 Å². The first kappa shape index (κ1) is 17.2. The van der Waals surface area contributed by atoms with Gasteiger partial charge in [-0.15, -0.1) is 11.3 Å². The molecule has 0 amide bonds. The van der Waals surface area contributed by atoms with E-state index < -0.39 is 0 Å². The lowest BCUT2D eigenvalue weighted by molar-refractivity contribution is 0.0602. The van der Waals surface area contributed by atoms with E-state index in [1.807, 2.05) is 6.07 Å². The third-order valence-corrected chi connectivity index (χ3v) is 5.23. The number of ether oxygens (including phenoxy) is 1. The number of piperidine rings is 1. The zero-order chi connectivity index (χ0) is 16.1. The van der Waals surface area contributed by atoms with Gasteiger partial charge in [-0.3, -0.25) is 0 Å². The molecule has 2 N–H and O–H groups in total. The van der Waals surface area contributed by atoms with Crippen LogP contribution in [-0.2, 0) is 11.2 Å². The minimum atomic E-state index is -0.333. The number of anilines is 1. The van der Waals surface area contributed by atoms with E-state index in [9.17, 15) is 4.79 Å². The normalized spacial score (nSPS) is 16.3. The van der Waals surface area contributed by atoms with Gasteiger partial charge in [0.2, 0.25) is 0 Å². The molecule has 0 saturated carbocycles. The summed E-state index contributed by atoms with van der Waals surface area (Å²) in [7, 11) is 3.53.